The lowest BCUT2D eigenvalue weighted by atomic mass is 10.5. The van der Waals surface area contributed by atoms with Crippen LogP contribution in [0.25, 0.3) is 0 Å². The maximum atomic E-state index is 10.2. The van der Waals surface area contributed by atoms with Gasteiger partial charge in [-0.3, -0.25) is 4.55 Å². The predicted octanol–water partition coefficient (Wildman–Crippen LogP) is -0.504. The second-order valence-corrected chi connectivity index (χ2v) is 2.97. The van der Waals surface area contributed by atoms with Crippen LogP contribution in [-0.2, 0) is 10.3 Å². The van der Waals surface area contributed by atoms with E-state index in [0.717, 1.165) is 6.33 Å². The van der Waals surface area contributed by atoms with E-state index < -0.39 is 10.3 Å². The van der Waals surface area contributed by atoms with Gasteiger partial charge in [-0.1, -0.05) is 0 Å². The minimum absolute atomic E-state index is 0.0624. The largest absolute Gasteiger partial charge is 0.358 e. The molecule has 1 heterocycles. The summed E-state index contributed by atoms with van der Waals surface area (Å²) in [6.45, 7) is 0. The van der Waals surface area contributed by atoms with Crippen LogP contribution in [-0.4, -0.2) is 22.9 Å². The van der Waals surface area contributed by atoms with Gasteiger partial charge in [-0.25, -0.2) is 9.71 Å². The lowest BCUT2D eigenvalue weighted by molar-refractivity contribution is 0.489. The first kappa shape index (κ1) is 8.51. The average Bonchev–Trinajstić information content (AvgIpc) is 2.31. The standard InChI is InChI=1S/C4H4N4O3S/c5-1-3-4(7-2-6-3)8-12(9,10)11/h2,8H,(H,6,7)(H,9,10,11). The second-order valence-electron chi connectivity index (χ2n) is 1.82. The Morgan fingerprint density at radius 3 is 2.92 bits per heavy atom. The third kappa shape index (κ3) is 1.94. The fourth-order valence-corrected chi connectivity index (χ4v) is 0.978. The number of aromatic nitrogens is 2. The van der Waals surface area contributed by atoms with Crippen molar-refractivity contribution in [2.24, 2.45) is 0 Å². The molecule has 12 heavy (non-hydrogen) atoms. The van der Waals surface area contributed by atoms with Crippen LogP contribution in [0.4, 0.5) is 5.82 Å². The van der Waals surface area contributed by atoms with Gasteiger partial charge in [0.2, 0.25) is 0 Å². The van der Waals surface area contributed by atoms with Crippen molar-refractivity contribution in [2.45, 2.75) is 0 Å². The van der Waals surface area contributed by atoms with Crippen LogP contribution in [0.2, 0.25) is 0 Å². The molecule has 1 aromatic heterocycles. The van der Waals surface area contributed by atoms with Gasteiger partial charge in [0.1, 0.15) is 6.07 Å². The first-order valence-corrected chi connectivity index (χ1v) is 4.15. The Balaban J connectivity index is 2.99. The van der Waals surface area contributed by atoms with Crippen molar-refractivity contribution in [3.05, 3.63) is 12.0 Å². The molecule has 64 valence electrons. The molecule has 0 atom stereocenters. The molecule has 3 N–H and O–H groups in total. The molecule has 0 fully saturated rings. The lowest BCUT2D eigenvalue weighted by Crippen LogP contribution is -2.11. The van der Waals surface area contributed by atoms with E-state index in [2.05, 4.69) is 9.97 Å². The fourth-order valence-electron chi connectivity index (χ4n) is 0.579. The highest BCUT2D eigenvalue weighted by Gasteiger charge is 2.10. The van der Waals surface area contributed by atoms with E-state index in [9.17, 15) is 8.42 Å². The van der Waals surface area contributed by atoms with Crippen LogP contribution in [0.15, 0.2) is 6.33 Å². The summed E-state index contributed by atoms with van der Waals surface area (Å²) in [4.78, 5) is 5.81. The summed E-state index contributed by atoms with van der Waals surface area (Å²) < 4.78 is 30.4. The maximum Gasteiger partial charge on any atom is 0.358 e. The number of hydrogen-bond acceptors (Lipinski definition) is 4. The van der Waals surface area contributed by atoms with Gasteiger partial charge >= 0.3 is 10.3 Å². The number of anilines is 1. The summed E-state index contributed by atoms with van der Waals surface area (Å²) >= 11 is 0. The van der Waals surface area contributed by atoms with Gasteiger partial charge in [0.05, 0.1) is 6.33 Å². The van der Waals surface area contributed by atoms with Gasteiger partial charge in [0.25, 0.3) is 0 Å². The minimum atomic E-state index is -4.36. The molecular formula is C4H4N4O3S. The second kappa shape index (κ2) is 2.80. The van der Waals surface area contributed by atoms with Gasteiger partial charge in [0.15, 0.2) is 11.5 Å². The van der Waals surface area contributed by atoms with Gasteiger partial charge in [-0.05, 0) is 0 Å². The predicted molar refractivity (Wildman–Crippen MR) is 38.5 cm³/mol. The number of rotatable bonds is 2. The molecule has 0 bridgehead atoms. The molecule has 8 heteroatoms. The first-order valence-electron chi connectivity index (χ1n) is 2.71. The summed E-state index contributed by atoms with van der Waals surface area (Å²) in [6, 6.07) is 1.64. The number of H-pyrrole nitrogens is 1. The smallest absolute Gasteiger partial charge is 0.335 e. The number of nitrogens with one attached hydrogen (secondary N) is 2. The zero-order valence-corrected chi connectivity index (χ0v) is 6.46. The fraction of sp³-hybridized carbons (Fsp3) is 0. The van der Waals surface area contributed by atoms with Crippen LogP contribution in [0.1, 0.15) is 5.69 Å². The molecule has 7 nitrogen and oxygen atoms in total. The van der Waals surface area contributed by atoms with Crippen molar-refractivity contribution in [1.82, 2.24) is 9.97 Å². The molecule has 0 radical (unpaired) electrons. The highest BCUT2D eigenvalue weighted by atomic mass is 32.2. The SMILES string of the molecule is N#Cc1[nH]cnc1NS(=O)(=O)O. The molecule has 1 rings (SSSR count). The summed E-state index contributed by atoms with van der Waals surface area (Å²) in [7, 11) is -4.36. The van der Waals surface area contributed by atoms with Crippen molar-refractivity contribution in [3.63, 3.8) is 0 Å². The van der Waals surface area contributed by atoms with E-state index in [4.69, 9.17) is 9.81 Å². The topological polar surface area (TPSA) is 119 Å². The normalized spacial score (nSPS) is 10.7. The summed E-state index contributed by atoms with van der Waals surface area (Å²) in [5, 5.41) is 8.37. The quantitative estimate of drug-likeness (QED) is 0.540. The van der Waals surface area contributed by atoms with Crippen LogP contribution >= 0.6 is 0 Å². The summed E-state index contributed by atoms with van der Waals surface area (Å²) in [5.74, 6) is -0.222. The molecule has 0 amide bonds. The highest BCUT2D eigenvalue weighted by molar-refractivity contribution is 7.87. The molecule has 0 aliphatic rings. The van der Waals surface area contributed by atoms with E-state index in [0.29, 0.717) is 0 Å². The number of hydrogen-bond donors (Lipinski definition) is 3. The van der Waals surface area contributed by atoms with E-state index in [-0.39, 0.29) is 11.5 Å². The Labute approximate surface area is 67.9 Å². The molecule has 0 saturated heterocycles. The maximum absolute atomic E-state index is 10.2. The molecule has 0 aliphatic carbocycles. The monoisotopic (exact) mass is 188 g/mol. The number of imidazole rings is 1. The Hall–Kier alpha value is -1.59. The lowest BCUT2D eigenvalue weighted by Gasteiger charge is -1.95. The molecule has 0 unspecified atom stereocenters. The molecular weight excluding hydrogens is 184 g/mol. The van der Waals surface area contributed by atoms with Crippen molar-refractivity contribution < 1.29 is 13.0 Å². The molecule has 0 spiro atoms. The van der Waals surface area contributed by atoms with E-state index >= 15 is 0 Å². The Morgan fingerprint density at radius 2 is 2.42 bits per heavy atom. The van der Waals surface area contributed by atoms with Crippen LogP contribution in [0.5, 0.6) is 0 Å². The highest BCUT2D eigenvalue weighted by Crippen LogP contribution is 2.08. The van der Waals surface area contributed by atoms with Gasteiger partial charge in [0, 0.05) is 0 Å². The number of nitriles is 1. The van der Waals surface area contributed by atoms with Gasteiger partial charge in [-0.2, -0.15) is 13.7 Å². The van der Waals surface area contributed by atoms with Crippen LogP contribution in [0.3, 0.4) is 0 Å². The van der Waals surface area contributed by atoms with Crippen molar-refractivity contribution in [2.75, 3.05) is 4.72 Å². The van der Waals surface area contributed by atoms with E-state index in [1.54, 1.807) is 10.8 Å². The first-order chi connectivity index (χ1) is 5.53. The minimum Gasteiger partial charge on any atom is -0.335 e. The van der Waals surface area contributed by atoms with E-state index in [1.807, 2.05) is 0 Å². The molecule has 0 aliphatic heterocycles. The summed E-state index contributed by atoms with van der Waals surface area (Å²) in [6.07, 6.45) is 1.13. The molecule has 1 aromatic rings. The Bertz CT molecular complexity index is 414. The third-order valence-electron chi connectivity index (χ3n) is 0.977. The van der Waals surface area contributed by atoms with Crippen LogP contribution in [0, 0.1) is 11.3 Å². The van der Waals surface area contributed by atoms with Gasteiger partial charge < -0.3 is 4.98 Å². The van der Waals surface area contributed by atoms with Crippen molar-refractivity contribution in [3.8, 4) is 6.07 Å². The van der Waals surface area contributed by atoms with E-state index in [1.165, 1.54) is 0 Å². The zero-order valence-electron chi connectivity index (χ0n) is 5.64. The molecule has 0 aromatic carbocycles. The number of aromatic amines is 1. The third-order valence-corrected chi connectivity index (χ3v) is 1.43. The van der Waals surface area contributed by atoms with Gasteiger partial charge in [-0.15, -0.1) is 0 Å². The van der Waals surface area contributed by atoms with Crippen molar-refractivity contribution >= 4 is 16.1 Å². The zero-order chi connectivity index (χ0) is 9.19. The average molecular weight is 188 g/mol. The number of nitrogens with zero attached hydrogens (tertiary/aromatic N) is 2. The Morgan fingerprint density at radius 1 is 1.75 bits per heavy atom. The molecule has 0 saturated carbocycles. The Kier molecular flexibility index (Phi) is 1.99. The van der Waals surface area contributed by atoms with Crippen molar-refractivity contribution in [1.29, 1.82) is 5.26 Å². The van der Waals surface area contributed by atoms with Crippen LogP contribution < -0.4 is 4.72 Å². The summed E-state index contributed by atoms with van der Waals surface area (Å²) in [5.41, 5.74) is -0.0624.